The molecule has 0 unspecified atom stereocenters. The quantitative estimate of drug-likeness (QED) is 0.368. The van der Waals surface area contributed by atoms with Crippen molar-refractivity contribution in [2.24, 2.45) is 12.8 Å². The van der Waals surface area contributed by atoms with Crippen LogP contribution in [0.5, 0.6) is 0 Å². The van der Waals surface area contributed by atoms with Gasteiger partial charge in [-0.1, -0.05) is 19.8 Å². The van der Waals surface area contributed by atoms with E-state index in [1.807, 2.05) is 11.5 Å². The molecule has 0 aliphatic heterocycles. The van der Waals surface area contributed by atoms with Crippen LogP contribution in [0.4, 0.5) is 5.82 Å². The largest absolute Gasteiger partial charge is 0.382 e. The fraction of sp³-hybridized carbons (Fsp3) is 0.524. The normalized spacial score (nSPS) is 11.2. The van der Waals surface area contributed by atoms with Gasteiger partial charge < -0.3 is 20.6 Å². The molecule has 33 heavy (non-hydrogen) atoms. The summed E-state index contributed by atoms with van der Waals surface area (Å²) in [6.45, 7) is 5.32. The van der Waals surface area contributed by atoms with Crippen LogP contribution in [-0.2, 0) is 26.7 Å². The second-order valence-corrected chi connectivity index (χ2v) is 7.71. The molecule has 0 atom stereocenters. The predicted molar refractivity (Wildman–Crippen MR) is 128 cm³/mol. The maximum Gasteiger partial charge on any atom is 0.332 e. The van der Waals surface area contributed by atoms with Crippen molar-refractivity contribution in [2.75, 3.05) is 12.8 Å². The lowest BCUT2D eigenvalue weighted by Crippen LogP contribution is -2.40. The molecule has 12 heteroatoms. The summed E-state index contributed by atoms with van der Waals surface area (Å²) in [7, 11) is 3.30. The summed E-state index contributed by atoms with van der Waals surface area (Å²) >= 11 is 0. The summed E-state index contributed by atoms with van der Waals surface area (Å²) in [6.07, 6.45) is 6.52. The fourth-order valence-corrected chi connectivity index (χ4v) is 3.85. The second kappa shape index (κ2) is 10.4. The first-order chi connectivity index (χ1) is 15.9. The molecular formula is C21H32N10O2. The summed E-state index contributed by atoms with van der Waals surface area (Å²) in [6, 6.07) is 0. The van der Waals surface area contributed by atoms with Crippen LogP contribution in [-0.4, -0.2) is 45.3 Å². The van der Waals surface area contributed by atoms with Crippen LogP contribution in [0.3, 0.4) is 0 Å². The molecule has 0 fully saturated rings. The monoisotopic (exact) mass is 456 g/mol. The van der Waals surface area contributed by atoms with Gasteiger partial charge in [0, 0.05) is 26.7 Å². The van der Waals surface area contributed by atoms with Crippen LogP contribution in [0.2, 0.25) is 0 Å². The van der Waals surface area contributed by atoms with Crippen molar-refractivity contribution >= 4 is 28.1 Å². The summed E-state index contributed by atoms with van der Waals surface area (Å²) < 4.78 is 6.57. The third-order valence-electron chi connectivity index (χ3n) is 5.66. The van der Waals surface area contributed by atoms with Crippen LogP contribution in [0.25, 0.3) is 22.3 Å². The van der Waals surface area contributed by atoms with Crippen molar-refractivity contribution in [1.29, 1.82) is 0 Å². The van der Waals surface area contributed by atoms with E-state index in [9.17, 15) is 9.59 Å². The minimum absolute atomic E-state index is 0.284. The van der Waals surface area contributed by atoms with Gasteiger partial charge in [0.25, 0.3) is 5.56 Å². The number of fused-ring (bicyclic) bond motifs is 2. The van der Waals surface area contributed by atoms with Gasteiger partial charge in [0.2, 0.25) is 0 Å². The van der Waals surface area contributed by atoms with Crippen molar-refractivity contribution < 1.29 is 0 Å². The number of nitrogens with zero attached hydrogens (tertiary/aromatic N) is 8. The molecule has 178 valence electrons. The van der Waals surface area contributed by atoms with E-state index in [0.29, 0.717) is 53.5 Å². The molecule has 4 N–H and O–H groups in total. The smallest absolute Gasteiger partial charge is 0.332 e. The third-order valence-corrected chi connectivity index (χ3v) is 5.66. The lowest BCUT2D eigenvalue weighted by Gasteiger charge is -2.12. The highest BCUT2D eigenvalue weighted by Gasteiger charge is 2.18. The number of aryl methyl sites for hydroxylation is 4. The van der Waals surface area contributed by atoms with E-state index in [2.05, 4.69) is 32.6 Å². The zero-order valence-electron chi connectivity index (χ0n) is 19.7. The van der Waals surface area contributed by atoms with Crippen molar-refractivity contribution in [2.45, 2.75) is 59.2 Å². The zero-order chi connectivity index (χ0) is 24.1. The molecular weight excluding hydrogens is 424 g/mol. The van der Waals surface area contributed by atoms with E-state index in [-0.39, 0.29) is 17.8 Å². The Bertz CT molecular complexity index is 1360. The van der Waals surface area contributed by atoms with Crippen LogP contribution >= 0.6 is 0 Å². The van der Waals surface area contributed by atoms with E-state index < -0.39 is 0 Å². The molecule has 0 aliphatic rings. The number of nitrogens with two attached hydrogens (primary N) is 2. The van der Waals surface area contributed by atoms with Gasteiger partial charge in [0.05, 0.1) is 6.33 Å². The number of imidazole rings is 2. The number of unbranched alkanes of at least 4 members (excludes halogenated alkanes) is 2. The Labute approximate surface area is 190 Å². The molecule has 0 bridgehead atoms. The van der Waals surface area contributed by atoms with Crippen molar-refractivity contribution in [3.05, 3.63) is 39.3 Å². The molecule has 0 aromatic carbocycles. The molecule has 0 radical (unpaired) electrons. The number of hydrogen-bond donors (Lipinski definition) is 2. The topological polar surface area (TPSA) is 157 Å². The molecule has 0 saturated carbocycles. The van der Waals surface area contributed by atoms with E-state index >= 15 is 0 Å². The Balaban J connectivity index is 0.00000149. The van der Waals surface area contributed by atoms with E-state index in [1.165, 1.54) is 17.9 Å². The van der Waals surface area contributed by atoms with Crippen LogP contribution in [0, 0.1) is 6.92 Å². The summed E-state index contributed by atoms with van der Waals surface area (Å²) in [5, 5.41) is 0. The van der Waals surface area contributed by atoms with Crippen molar-refractivity contribution in [3.8, 4) is 0 Å². The first-order valence-corrected chi connectivity index (χ1v) is 11.1. The van der Waals surface area contributed by atoms with Crippen LogP contribution in [0.15, 0.2) is 22.2 Å². The molecule has 0 amide bonds. The lowest BCUT2D eigenvalue weighted by atomic mass is 10.2. The van der Waals surface area contributed by atoms with E-state index in [4.69, 9.17) is 5.73 Å². The van der Waals surface area contributed by atoms with Gasteiger partial charge in [0.1, 0.15) is 17.7 Å². The average molecular weight is 457 g/mol. The maximum atomic E-state index is 13.2. The van der Waals surface area contributed by atoms with Crippen LogP contribution < -0.4 is 22.7 Å². The Kier molecular flexibility index (Phi) is 7.59. The standard InChI is InChI=1S/C20H27N9O2.CH5N/c1-4-5-6-9-28-18-15(26(3)13(2)25-18)19(30)29(20(28)31)10-7-8-27-12-24-14-16(21)22-11-23-17(14)27;1-2/h11-12H,4-10H2,1-3H3,(H2,21,22,23);2H2,1H3. The summed E-state index contributed by atoms with van der Waals surface area (Å²) in [5.41, 5.74) is 11.8. The zero-order valence-corrected chi connectivity index (χ0v) is 19.7. The van der Waals surface area contributed by atoms with E-state index in [1.54, 1.807) is 22.5 Å². The lowest BCUT2D eigenvalue weighted by molar-refractivity contribution is 0.504. The number of anilines is 1. The summed E-state index contributed by atoms with van der Waals surface area (Å²) in [4.78, 5) is 43.3. The molecule has 0 aliphatic carbocycles. The third kappa shape index (κ3) is 4.51. The first-order valence-electron chi connectivity index (χ1n) is 11.1. The van der Waals surface area contributed by atoms with Crippen molar-refractivity contribution in [3.63, 3.8) is 0 Å². The molecule has 0 spiro atoms. The Hall–Kier alpha value is -3.54. The van der Waals surface area contributed by atoms with Crippen molar-refractivity contribution in [1.82, 2.24) is 38.2 Å². The molecule has 4 heterocycles. The van der Waals surface area contributed by atoms with Gasteiger partial charge >= 0.3 is 5.69 Å². The number of rotatable bonds is 8. The average Bonchev–Trinajstić information content (AvgIpc) is 3.36. The highest BCUT2D eigenvalue weighted by molar-refractivity contribution is 5.81. The van der Waals surface area contributed by atoms with E-state index in [0.717, 1.165) is 19.3 Å². The van der Waals surface area contributed by atoms with Gasteiger partial charge in [0.15, 0.2) is 22.6 Å². The minimum atomic E-state index is -0.311. The Morgan fingerprint density at radius 3 is 2.39 bits per heavy atom. The highest BCUT2D eigenvalue weighted by Crippen LogP contribution is 2.15. The predicted octanol–water partition coefficient (Wildman–Crippen LogP) is 0.782. The minimum Gasteiger partial charge on any atom is -0.382 e. The van der Waals surface area contributed by atoms with Gasteiger partial charge in [-0.2, -0.15) is 0 Å². The molecule has 12 nitrogen and oxygen atoms in total. The molecule has 0 saturated heterocycles. The van der Waals surface area contributed by atoms with Gasteiger partial charge in [-0.3, -0.25) is 13.9 Å². The SMILES string of the molecule is CCCCCn1c(=O)n(CCCn2cnc3c(N)ncnc32)c(=O)c2c1nc(C)n2C.CN. The number of nitrogen functional groups attached to an aromatic ring is 1. The van der Waals surface area contributed by atoms with Crippen LogP contribution in [0.1, 0.15) is 38.4 Å². The van der Waals surface area contributed by atoms with Gasteiger partial charge in [-0.15, -0.1) is 0 Å². The fourth-order valence-electron chi connectivity index (χ4n) is 3.85. The Morgan fingerprint density at radius 1 is 0.939 bits per heavy atom. The first kappa shape index (κ1) is 24.1. The maximum absolute atomic E-state index is 13.2. The van der Waals surface area contributed by atoms with Gasteiger partial charge in [-0.25, -0.2) is 24.7 Å². The van der Waals surface area contributed by atoms with Gasteiger partial charge in [-0.05, 0) is 26.8 Å². The second-order valence-electron chi connectivity index (χ2n) is 7.71. The molecule has 4 aromatic heterocycles. The highest BCUT2D eigenvalue weighted by atomic mass is 16.2. The number of hydrogen-bond acceptors (Lipinski definition) is 8. The molecule has 4 aromatic rings. The Morgan fingerprint density at radius 2 is 1.67 bits per heavy atom. The summed E-state index contributed by atoms with van der Waals surface area (Å²) in [5.74, 6) is 1.03. The number of aromatic nitrogens is 8. The molecule has 4 rings (SSSR count).